The Balaban J connectivity index is 1.61. The lowest BCUT2D eigenvalue weighted by molar-refractivity contribution is 0.531. The van der Waals surface area contributed by atoms with E-state index in [1.807, 2.05) is 111 Å². The summed E-state index contributed by atoms with van der Waals surface area (Å²) in [5.74, 6) is -10.0. The molecule has 2 aliphatic rings. The summed E-state index contributed by atoms with van der Waals surface area (Å²) < 4.78 is 144. The first-order chi connectivity index (χ1) is 37.6. The van der Waals surface area contributed by atoms with Gasteiger partial charge in [0.2, 0.25) is 0 Å². The van der Waals surface area contributed by atoms with Crippen LogP contribution in [0.1, 0.15) is 155 Å². The Morgan fingerprint density at radius 3 is 0.537 bits per heavy atom. The summed E-state index contributed by atoms with van der Waals surface area (Å²) in [6, 6.07) is 0. The molecular formula is C64H74F8N8. The average Bonchev–Trinajstić information content (AvgIpc) is 4.13. The summed E-state index contributed by atoms with van der Waals surface area (Å²) in [5, 5.41) is -1.60. The molecule has 16 heteroatoms. The normalized spacial score (nSPS) is 12.8. The van der Waals surface area contributed by atoms with Gasteiger partial charge in [0.15, 0.2) is 23.3 Å². The van der Waals surface area contributed by atoms with Crippen LogP contribution in [0, 0.1) is 93.9 Å². The average molecular weight is 1110 g/mol. The highest BCUT2D eigenvalue weighted by atomic mass is 19.2. The SMILES string of the molecule is CC(C)Cc1c(F)c2c(c(F)c1CC(C)C)-c1nc-2nc2[nH]c(nc3nc(nc4[nH]c(n1)c1c(F)c(CC(C)C)c(CC(C)C)c(F)c41)-c1c(F)c(CC(C)C)c(CC(C)C)c(F)c1-3)c1c(F)c(CC(C)C)c(CC(C)C)c(F)c21. The number of H-pyrrole nitrogens is 2. The van der Waals surface area contributed by atoms with Gasteiger partial charge in [-0.1, -0.05) is 111 Å². The lowest BCUT2D eigenvalue weighted by Crippen LogP contribution is -2.11. The number of halogens is 8. The van der Waals surface area contributed by atoms with Crippen molar-refractivity contribution in [2.24, 2.45) is 47.3 Å². The summed E-state index contributed by atoms with van der Waals surface area (Å²) in [6.45, 7) is 29.9. The van der Waals surface area contributed by atoms with Gasteiger partial charge in [-0.25, -0.2) is 65.0 Å². The summed E-state index contributed by atoms with van der Waals surface area (Å²) in [7, 11) is 0. The van der Waals surface area contributed by atoms with Gasteiger partial charge in [0, 0.05) is 0 Å². The Morgan fingerprint density at radius 1 is 0.237 bits per heavy atom. The lowest BCUT2D eigenvalue weighted by Gasteiger charge is -2.19. The number of hydrogen-bond donors (Lipinski definition) is 2. The molecule has 2 N–H and O–H groups in total. The highest BCUT2D eigenvalue weighted by Crippen LogP contribution is 2.47. The van der Waals surface area contributed by atoms with Crippen molar-refractivity contribution in [2.75, 3.05) is 0 Å². The molecule has 8 nitrogen and oxygen atoms in total. The molecule has 80 heavy (non-hydrogen) atoms. The fourth-order valence-electron chi connectivity index (χ4n) is 11.8. The van der Waals surface area contributed by atoms with E-state index < -0.39 is 136 Å². The second-order valence-corrected chi connectivity index (χ2v) is 25.7. The molecule has 0 radical (unpaired) electrons. The van der Waals surface area contributed by atoms with E-state index in [2.05, 4.69) is 9.97 Å². The molecule has 0 atom stereocenters. The van der Waals surface area contributed by atoms with E-state index in [0.717, 1.165) is 0 Å². The molecule has 5 heterocycles. The Bertz CT molecular complexity index is 3330. The second-order valence-electron chi connectivity index (χ2n) is 25.7. The molecule has 0 spiro atoms. The summed E-state index contributed by atoms with van der Waals surface area (Å²) in [4.78, 5) is 34.5. The summed E-state index contributed by atoms with van der Waals surface area (Å²) in [6.07, 6.45) is 0.860. The van der Waals surface area contributed by atoms with Gasteiger partial charge in [-0.05, 0) is 143 Å². The van der Waals surface area contributed by atoms with Crippen molar-refractivity contribution in [3.63, 3.8) is 0 Å². The number of hydrogen-bond acceptors (Lipinski definition) is 6. The summed E-state index contributed by atoms with van der Waals surface area (Å²) in [5.41, 5.74) is -2.67. The third-order valence-corrected chi connectivity index (χ3v) is 14.8. The van der Waals surface area contributed by atoms with Crippen molar-refractivity contribution in [1.29, 1.82) is 0 Å². The van der Waals surface area contributed by atoms with Crippen LogP contribution in [0.2, 0.25) is 0 Å². The fraction of sp³-hybridized carbons (Fsp3) is 0.500. The predicted molar refractivity (Wildman–Crippen MR) is 304 cm³/mol. The standard InChI is InChI=1S/C64H74F8N8/c1-25(2)17-33-34(18-26(3)4)50(66)42-41(49(33)65)57-73-58(42)78-60-45-46(54(70)38(22-30(11)12)37(53(45)69)21-29(9)10)62(75-60)80-64-48-47(55(71)39(23-31(13)14)40(56(48)72)24-32(15)16)63(76-64)79-61-44-43(59(74-61)77-57)51(67)35(19-27(5)6)36(52(44)68)20-28(7)8/h25-32H,17-24H2,1-16H3,(H2,73,74,75,76,77,78,79,80). The number of aromatic nitrogens is 8. The topological polar surface area (TPSA) is 109 Å². The third-order valence-electron chi connectivity index (χ3n) is 14.8. The maximum absolute atomic E-state index is 18.0. The van der Waals surface area contributed by atoms with Crippen molar-refractivity contribution in [3.8, 4) is 45.6 Å². The molecule has 426 valence electrons. The first-order valence-corrected chi connectivity index (χ1v) is 28.5. The molecule has 4 aromatic carbocycles. The minimum Gasteiger partial charge on any atom is -0.324 e. The molecule has 0 fully saturated rings. The monoisotopic (exact) mass is 1110 g/mol. The highest BCUT2D eigenvalue weighted by molar-refractivity contribution is 6.08. The van der Waals surface area contributed by atoms with Crippen LogP contribution in [0.15, 0.2) is 0 Å². The Morgan fingerprint density at radius 2 is 0.388 bits per heavy atom. The lowest BCUT2D eigenvalue weighted by atomic mass is 9.87. The van der Waals surface area contributed by atoms with Crippen LogP contribution in [0.5, 0.6) is 0 Å². The predicted octanol–water partition coefficient (Wildman–Crippen LogP) is 17.6. The smallest absolute Gasteiger partial charge is 0.167 e. The van der Waals surface area contributed by atoms with Gasteiger partial charge in [0.25, 0.3) is 0 Å². The van der Waals surface area contributed by atoms with Crippen LogP contribution in [0.4, 0.5) is 35.1 Å². The van der Waals surface area contributed by atoms with Gasteiger partial charge in [-0.2, -0.15) is 0 Å². The molecule has 0 saturated carbocycles. The van der Waals surface area contributed by atoms with E-state index in [1.165, 1.54) is 0 Å². The Hall–Kier alpha value is -6.32. The molecule has 7 aromatic rings. The Kier molecular flexibility index (Phi) is 16.2. The molecule has 0 saturated heterocycles. The summed E-state index contributed by atoms with van der Waals surface area (Å²) >= 11 is 0. The highest BCUT2D eigenvalue weighted by Gasteiger charge is 2.37. The number of nitrogens with zero attached hydrogens (tertiary/aromatic N) is 6. The molecular weight excluding hydrogens is 1030 g/mol. The molecule has 3 aromatic heterocycles. The second kappa shape index (κ2) is 22.2. The van der Waals surface area contributed by atoms with Crippen LogP contribution < -0.4 is 0 Å². The number of rotatable bonds is 16. The maximum Gasteiger partial charge on any atom is 0.167 e. The van der Waals surface area contributed by atoms with Crippen LogP contribution in [-0.2, 0) is 51.4 Å². The number of fused-ring (bicyclic) bond motifs is 20. The number of aromatic amines is 2. The largest absolute Gasteiger partial charge is 0.324 e. The van der Waals surface area contributed by atoms with Gasteiger partial charge in [0.05, 0.1) is 43.8 Å². The maximum atomic E-state index is 18.0. The van der Waals surface area contributed by atoms with Crippen molar-refractivity contribution < 1.29 is 35.1 Å². The Labute approximate surface area is 463 Å². The zero-order valence-electron chi connectivity index (χ0n) is 49.0. The van der Waals surface area contributed by atoms with Crippen LogP contribution in [-0.4, -0.2) is 39.9 Å². The fourth-order valence-corrected chi connectivity index (χ4v) is 11.8. The zero-order valence-corrected chi connectivity index (χ0v) is 49.0. The molecule has 0 aliphatic carbocycles. The van der Waals surface area contributed by atoms with Crippen molar-refractivity contribution in [2.45, 2.75) is 162 Å². The number of benzene rings is 4. The van der Waals surface area contributed by atoms with Gasteiger partial charge in [-0.3, -0.25) is 0 Å². The molecule has 8 bridgehead atoms. The number of nitrogens with one attached hydrogen (secondary N) is 2. The van der Waals surface area contributed by atoms with Gasteiger partial charge in [0.1, 0.15) is 69.1 Å². The quantitative estimate of drug-likeness (QED) is 0.0933. The van der Waals surface area contributed by atoms with Crippen molar-refractivity contribution in [1.82, 2.24) is 39.9 Å². The molecule has 0 unspecified atom stereocenters. The van der Waals surface area contributed by atoms with Crippen LogP contribution in [0.3, 0.4) is 0 Å². The van der Waals surface area contributed by atoms with Gasteiger partial charge >= 0.3 is 0 Å². The molecule has 0 amide bonds. The van der Waals surface area contributed by atoms with E-state index in [-0.39, 0.29) is 143 Å². The minimum atomic E-state index is -0.864. The van der Waals surface area contributed by atoms with Gasteiger partial charge < -0.3 is 9.97 Å². The minimum absolute atomic E-state index is 0.0738. The van der Waals surface area contributed by atoms with Crippen molar-refractivity contribution in [3.05, 3.63) is 91.0 Å². The first-order valence-electron chi connectivity index (χ1n) is 28.5. The van der Waals surface area contributed by atoms with E-state index in [9.17, 15) is 0 Å². The third kappa shape index (κ3) is 10.4. The van der Waals surface area contributed by atoms with Gasteiger partial charge in [-0.15, -0.1) is 0 Å². The van der Waals surface area contributed by atoms with Crippen LogP contribution >= 0.6 is 0 Å². The van der Waals surface area contributed by atoms with E-state index >= 15 is 35.1 Å². The van der Waals surface area contributed by atoms with Crippen molar-refractivity contribution >= 4 is 44.1 Å². The van der Waals surface area contributed by atoms with E-state index in [1.54, 1.807) is 0 Å². The first kappa shape index (κ1) is 58.3. The molecule has 2 aliphatic heterocycles. The van der Waals surface area contributed by atoms with Crippen LogP contribution in [0.25, 0.3) is 89.7 Å². The van der Waals surface area contributed by atoms with E-state index in [0.29, 0.717) is 0 Å². The molecule has 9 rings (SSSR count). The van der Waals surface area contributed by atoms with E-state index in [4.69, 9.17) is 29.9 Å². The zero-order chi connectivity index (χ0) is 58.4.